The Morgan fingerprint density at radius 1 is 1.33 bits per heavy atom. The van der Waals surface area contributed by atoms with Gasteiger partial charge in [-0.15, -0.1) is 0 Å². The van der Waals surface area contributed by atoms with Crippen LogP contribution in [-0.4, -0.2) is 42.9 Å². The number of carbonyl (C=O) groups is 2. The Morgan fingerprint density at radius 2 is 2.00 bits per heavy atom. The summed E-state index contributed by atoms with van der Waals surface area (Å²) in [6, 6.07) is 0. The molecule has 5 heteroatoms. The van der Waals surface area contributed by atoms with Gasteiger partial charge in [0.25, 0.3) is 0 Å². The SMILES string of the molecule is NC(=O)CNCC1CN(C(=O)C2CC2)C1. The highest BCUT2D eigenvalue weighted by atomic mass is 16.2. The first-order valence-corrected chi connectivity index (χ1v) is 5.44. The highest BCUT2D eigenvalue weighted by Crippen LogP contribution is 2.33. The van der Waals surface area contributed by atoms with Gasteiger partial charge < -0.3 is 16.0 Å². The Kier molecular flexibility index (Phi) is 2.90. The molecule has 1 aliphatic carbocycles. The number of hydrogen-bond acceptors (Lipinski definition) is 3. The van der Waals surface area contributed by atoms with Gasteiger partial charge in [0.1, 0.15) is 0 Å². The van der Waals surface area contributed by atoms with Gasteiger partial charge in [-0.25, -0.2) is 0 Å². The molecule has 84 valence electrons. The lowest BCUT2D eigenvalue weighted by atomic mass is 9.99. The van der Waals surface area contributed by atoms with E-state index in [1.165, 1.54) is 0 Å². The van der Waals surface area contributed by atoms with E-state index in [1.807, 2.05) is 4.90 Å². The molecule has 1 aliphatic heterocycles. The van der Waals surface area contributed by atoms with Gasteiger partial charge in [-0.05, 0) is 12.8 Å². The van der Waals surface area contributed by atoms with E-state index in [1.54, 1.807) is 0 Å². The Labute approximate surface area is 89.0 Å². The lowest BCUT2D eigenvalue weighted by Crippen LogP contribution is -2.54. The van der Waals surface area contributed by atoms with Crippen LogP contribution in [0.3, 0.4) is 0 Å². The third kappa shape index (κ3) is 2.68. The van der Waals surface area contributed by atoms with Crippen molar-refractivity contribution in [3.05, 3.63) is 0 Å². The van der Waals surface area contributed by atoms with E-state index < -0.39 is 0 Å². The van der Waals surface area contributed by atoms with Gasteiger partial charge in [0.2, 0.25) is 11.8 Å². The highest BCUT2D eigenvalue weighted by molar-refractivity contribution is 5.81. The minimum Gasteiger partial charge on any atom is -0.369 e. The van der Waals surface area contributed by atoms with Gasteiger partial charge in [0.05, 0.1) is 6.54 Å². The van der Waals surface area contributed by atoms with E-state index >= 15 is 0 Å². The van der Waals surface area contributed by atoms with Crippen molar-refractivity contribution in [1.29, 1.82) is 0 Å². The summed E-state index contributed by atoms with van der Waals surface area (Å²) < 4.78 is 0. The molecule has 1 saturated carbocycles. The summed E-state index contributed by atoms with van der Waals surface area (Å²) in [5.74, 6) is 0.804. The number of carbonyl (C=O) groups excluding carboxylic acids is 2. The molecule has 0 radical (unpaired) electrons. The maximum Gasteiger partial charge on any atom is 0.231 e. The normalized spacial score (nSPS) is 21.2. The number of likely N-dealkylation sites (tertiary alicyclic amines) is 1. The second-order valence-electron chi connectivity index (χ2n) is 4.48. The maximum atomic E-state index is 11.5. The predicted molar refractivity (Wildman–Crippen MR) is 54.9 cm³/mol. The van der Waals surface area contributed by atoms with Gasteiger partial charge in [-0.3, -0.25) is 9.59 Å². The zero-order valence-corrected chi connectivity index (χ0v) is 8.74. The zero-order chi connectivity index (χ0) is 10.8. The molecule has 0 unspecified atom stereocenters. The van der Waals surface area contributed by atoms with Gasteiger partial charge in [0, 0.05) is 31.5 Å². The topological polar surface area (TPSA) is 75.4 Å². The fourth-order valence-electron chi connectivity index (χ4n) is 1.87. The van der Waals surface area contributed by atoms with Crippen molar-refractivity contribution in [3.63, 3.8) is 0 Å². The minimum atomic E-state index is -0.333. The van der Waals surface area contributed by atoms with E-state index in [4.69, 9.17) is 5.73 Å². The lowest BCUT2D eigenvalue weighted by Gasteiger charge is -2.39. The largest absolute Gasteiger partial charge is 0.369 e. The quantitative estimate of drug-likeness (QED) is 0.608. The second kappa shape index (κ2) is 4.18. The van der Waals surface area contributed by atoms with Crippen LogP contribution in [0.15, 0.2) is 0 Å². The number of nitrogens with two attached hydrogens (primary N) is 1. The number of nitrogens with one attached hydrogen (secondary N) is 1. The van der Waals surface area contributed by atoms with Gasteiger partial charge in [0.15, 0.2) is 0 Å². The third-order valence-electron chi connectivity index (χ3n) is 2.93. The molecule has 1 saturated heterocycles. The van der Waals surface area contributed by atoms with Crippen molar-refractivity contribution in [3.8, 4) is 0 Å². The van der Waals surface area contributed by atoms with Gasteiger partial charge in [-0.1, -0.05) is 0 Å². The summed E-state index contributed by atoms with van der Waals surface area (Å²) in [4.78, 5) is 23.9. The molecule has 2 amide bonds. The molecule has 0 atom stereocenters. The highest BCUT2D eigenvalue weighted by Gasteiger charge is 2.38. The van der Waals surface area contributed by atoms with Crippen LogP contribution in [0.1, 0.15) is 12.8 Å². The molecule has 0 spiro atoms. The van der Waals surface area contributed by atoms with E-state index in [0.717, 1.165) is 32.5 Å². The predicted octanol–water partition coefficient (Wildman–Crippen LogP) is -1.07. The van der Waals surface area contributed by atoms with Crippen molar-refractivity contribution in [2.75, 3.05) is 26.2 Å². The van der Waals surface area contributed by atoms with Gasteiger partial charge >= 0.3 is 0 Å². The summed E-state index contributed by atoms with van der Waals surface area (Å²) in [5, 5.41) is 2.98. The number of nitrogens with zero attached hydrogens (tertiary/aromatic N) is 1. The smallest absolute Gasteiger partial charge is 0.231 e. The standard InChI is InChI=1S/C10H17N3O2/c11-9(14)4-12-3-7-5-13(6-7)10(15)8-1-2-8/h7-8,12H,1-6H2,(H2,11,14). The second-order valence-corrected chi connectivity index (χ2v) is 4.48. The fraction of sp³-hybridized carbons (Fsp3) is 0.800. The van der Waals surface area contributed by atoms with Crippen molar-refractivity contribution >= 4 is 11.8 Å². The molecule has 2 fully saturated rings. The molecule has 1 heterocycles. The average Bonchev–Trinajstić information content (AvgIpc) is 2.90. The monoisotopic (exact) mass is 211 g/mol. The Bertz CT molecular complexity index is 270. The first-order valence-electron chi connectivity index (χ1n) is 5.44. The van der Waals surface area contributed by atoms with Crippen molar-refractivity contribution < 1.29 is 9.59 Å². The number of rotatable bonds is 5. The molecule has 0 aromatic carbocycles. The maximum absolute atomic E-state index is 11.5. The fourth-order valence-corrected chi connectivity index (χ4v) is 1.87. The van der Waals surface area contributed by atoms with Gasteiger partial charge in [-0.2, -0.15) is 0 Å². The summed E-state index contributed by atoms with van der Waals surface area (Å²) in [5.41, 5.74) is 5.00. The molecule has 5 nitrogen and oxygen atoms in total. The lowest BCUT2D eigenvalue weighted by molar-refractivity contribution is -0.138. The molecule has 2 rings (SSSR count). The summed E-state index contributed by atoms with van der Waals surface area (Å²) in [7, 11) is 0. The number of amides is 2. The van der Waals surface area contributed by atoms with Crippen LogP contribution < -0.4 is 11.1 Å². The number of primary amides is 1. The Balaban J connectivity index is 1.57. The molecule has 2 aliphatic rings. The van der Waals surface area contributed by atoms with Crippen LogP contribution in [0.4, 0.5) is 0 Å². The first-order chi connectivity index (χ1) is 7.16. The van der Waals surface area contributed by atoms with Crippen LogP contribution in [0.5, 0.6) is 0 Å². The summed E-state index contributed by atoms with van der Waals surface area (Å²) in [6.45, 7) is 2.67. The molecule has 15 heavy (non-hydrogen) atoms. The van der Waals surface area contributed by atoms with Crippen LogP contribution >= 0.6 is 0 Å². The van der Waals surface area contributed by atoms with Crippen molar-refractivity contribution in [1.82, 2.24) is 10.2 Å². The third-order valence-corrected chi connectivity index (χ3v) is 2.93. The van der Waals surface area contributed by atoms with Crippen LogP contribution in [0.25, 0.3) is 0 Å². The zero-order valence-electron chi connectivity index (χ0n) is 8.74. The molecular weight excluding hydrogens is 194 g/mol. The molecule has 0 aromatic heterocycles. The minimum absolute atomic E-state index is 0.229. The van der Waals surface area contributed by atoms with Crippen LogP contribution in [0, 0.1) is 11.8 Å². The molecule has 3 N–H and O–H groups in total. The van der Waals surface area contributed by atoms with E-state index in [2.05, 4.69) is 5.32 Å². The first kappa shape index (κ1) is 10.4. The summed E-state index contributed by atoms with van der Waals surface area (Å²) in [6.07, 6.45) is 2.14. The van der Waals surface area contributed by atoms with E-state index in [-0.39, 0.29) is 12.5 Å². The van der Waals surface area contributed by atoms with E-state index in [9.17, 15) is 9.59 Å². The van der Waals surface area contributed by atoms with Crippen molar-refractivity contribution in [2.24, 2.45) is 17.6 Å². The molecular formula is C10H17N3O2. The average molecular weight is 211 g/mol. The summed E-state index contributed by atoms with van der Waals surface area (Å²) >= 11 is 0. The Morgan fingerprint density at radius 3 is 2.53 bits per heavy atom. The Hall–Kier alpha value is -1.10. The van der Waals surface area contributed by atoms with Crippen molar-refractivity contribution in [2.45, 2.75) is 12.8 Å². The molecule has 0 bridgehead atoms. The van der Waals surface area contributed by atoms with Crippen LogP contribution in [0.2, 0.25) is 0 Å². The van der Waals surface area contributed by atoms with E-state index in [0.29, 0.717) is 17.7 Å². The molecule has 0 aromatic rings. The number of hydrogen-bond donors (Lipinski definition) is 2. The van der Waals surface area contributed by atoms with Crippen LogP contribution in [-0.2, 0) is 9.59 Å².